The van der Waals surface area contributed by atoms with Gasteiger partial charge in [0, 0.05) is 11.8 Å². The van der Waals surface area contributed by atoms with Crippen LogP contribution in [0.25, 0.3) is 21.5 Å². The highest BCUT2D eigenvalue weighted by atomic mass is 16.5. The Morgan fingerprint density at radius 3 is 2.00 bits per heavy atom. The van der Waals surface area contributed by atoms with Crippen molar-refractivity contribution in [3.63, 3.8) is 0 Å². The number of carbonyl (C=O) groups excluding carboxylic acids is 1. The molecule has 0 aromatic heterocycles. The number of carbonyl (C=O) groups is 1. The Morgan fingerprint density at radius 2 is 1.42 bits per heavy atom. The lowest BCUT2D eigenvalue weighted by Crippen LogP contribution is -1.99. The summed E-state index contributed by atoms with van der Waals surface area (Å²) in [5.41, 5.74) is 2.40. The number of benzene rings is 4. The van der Waals surface area contributed by atoms with Gasteiger partial charge in [-0.1, -0.05) is 48.5 Å². The monoisotopic (exact) mass is 339 g/mol. The van der Waals surface area contributed by atoms with Crippen LogP contribution in [0.1, 0.15) is 15.9 Å². The summed E-state index contributed by atoms with van der Waals surface area (Å²) in [6.45, 7) is 0. The van der Waals surface area contributed by atoms with Gasteiger partial charge in [0.1, 0.15) is 0 Å². The highest BCUT2D eigenvalue weighted by molar-refractivity contribution is 6.13. The summed E-state index contributed by atoms with van der Waals surface area (Å²) in [7, 11) is 1.38. The molecular weight excluding hydrogens is 322 g/mol. The van der Waals surface area contributed by atoms with Gasteiger partial charge in [-0.15, -0.1) is 0 Å². The minimum absolute atomic E-state index is 0.347. The molecule has 0 bridgehead atoms. The third kappa shape index (κ3) is 2.95. The maximum Gasteiger partial charge on any atom is 0.337 e. The van der Waals surface area contributed by atoms with Crippen LogP contribution in [0.15, 0.2) is 83.9 Å². The van der Waals surface area contributed by atoms with Gasteiger partial charge >= 0.3 is 5.97 Å². The predicted octanol–water partition coefficient (Wildman–Crippen LogP) is 5.53. The Kier molecular flexibility index (Phi) is 4.20. The van der Waals surface area contributed by atoms with Crippen molar-refractivity contribution >= 4 is 39.4 Å². The topological polar surface area (TPSA) is 38.7 Å². The molecule has 3 nitrogen and oxygen atoms in total. The maximum atomic E-state index is 11.5. The largest absolute Gasteiger partial charge is 0.465 e. The number of esters is 1. The second-order valence-electron chi connectivity index (χ2n) is 6.03. The number of hydrogen-bond acceptors (Lipinski definition) is 3. The Bertz CT molecular complexity index is 1070. The third-order valence-corrected chi connectivity index (χ3v) is 4.44. The van der Waals surface area contributed by atoms with E-state index in [9.17, 15) is 4.79 Å². The fourth-order valence-corrected chi connectivity index (χ4v) is 3.13. The average Bonchev–Trinajstić information content (AvgIpc) is 2.71. The lowest BCUT2D eigenvalue weighted by molar-refractivity contribution is 0.0601. The Labute approximate surface area is 151 Å². The molecule has 4 rings (SSSR count). The van der Waals surface area contributed by atoms with Crippen LogP contribution in [0.3, 0.4) is 0 Å². The van der Waals surface area contributed by atoms with Gasteiger partial charge < -0.3 is 4.74 Å². The molecule has 0 aliphatic rings. The van der Waals surface area contributed by atoms with Gasteiger partial charge in [0.25, 0.3) is 0 Å². The van der Waals surface area contributed by atoms with Crippen molar-refractivity contribution in [2.24, 2.45) is 4.99 Å². The number of methoxy groups -OCH3 is 1. The molecule has 0 unspecified atom stereocenters. The van der Waals surface area contributed by atoms with Crippen LogP contribution in [-0.4, -0.2) is 19.3 Å². The van der Waals surface area contributed by atoms with Crippen LogP contribution in [0.4, 0.5) is 5.69 Å². The summed E-state index contributed by atoms with van der Waals surface area (Å²) in [6.07, 6.45) is 1.90. The van der Waals surface area contributed by atoms with E-state index < -0.39 is 0 Å². The van der Waals surface area contributed by atoms with E-state index in [-0.39, 0.29) is 5.97 Å². The van der Waals surface area contributed by atoms with Gasteiger partial charge in [0.15, 0.2) is 0 Å². The summed E-state index contributed by atoms with van der Waals surface area (Å²) >= 11 is 0. The van der Waals surface area contributed by atoms with Crippen molar-refractivity contribution in [2.75, 3.05) is 7.11 Å². The van der Waals surface area contributed by atoms with Crippen molar-refractivity contribution in [1.29, 1.82) is 0 Å². The summed E-state index contributed by atoms with van der Waals surface area (Å²) in [5, 5.41) is 4.71. The van der Waals surface area contributed by atoms with Crippen LogP contribution in [-0.2, 0) is 4.74 Å². The van der Waals surface area contributed by atoms with E-state index in [0.717, 1.165) is 11.3 Å². The number of fused-ring (bicyclic) bond motifs is 2. The standard InChI is InChI=1S/C23H17NO2/c1-26-23(25)16-10-12-19(13-11-16)24-15-22-20-8-4-2-6-17(20)14-18-7-3-5-9-21(18)22/h2-15H,1H3. The summed E-state index contributed by atoms with van der Waals surface area (Å²) in [4.78, 5) is 16.2. The third-order valence-electron chi connectivity index (χ3n) is 4.44. The first-order chi connectivity index (χ1) is 12.8. The lowest BCUT2D eigenvalue weighted by Gasteiger charge is -2.08. The second kappa shape index (κ2) is 6.81. The number of rotatable bonds is 3. The van der Waals surface area contributed by atoms with Gasteiger partial charge in [-0.2, -0.15) is 0 Å². The van der Waals surface area contributed by atoms with Crippen LogP contribution in [0.5, 0.6) is 0 Å². The first-order valence-electron chi connectivity index (χ1n) is 8.39. The van der Waals surface area contributed by atoms with Crippen molar-refractivity contribution < 1.29 is 9.53 Å². The molecule has 3 heteroatoms. The molecule has 0 saturated heterocycles. The van der Waals surface area contributed by atoms with E-state index in [1.807, 2.05) is 42.6 Å². The van der Waals surface area contributed by atoms with Crippen molar-refractivity contribution in [1.82, 2.24) is 0 Å². The minimum atomic E-state index is -0.347. The SMILES string of the molecule is COC(=O)c1ccc(N=Cc2c3ccccc3cc3ccccc23)cc1. The fourth-order valence-electron chi connectivity index (χ4n) is 3.13. The molecule has 0 atom stereocenters. The number of nitrogens with zero attached hydrogens (tertiary/aromatic N) is 1. The van der Waals surface area contributed by atoms with E-state index in [1.54, 1.807) is 12.1 Å². The van der Waals surface area contributed by atoms with Gasteiger partial charge in [-0.3, -0.25) is 4.99 Å². The van der Waals surface area contributed by atoms with E-state index in [2.05, 4.69) is 35.3 Å². The van der Waals surface area contributed by atoms with Crippen LogP contribution in [0, 0.1) is 0 Å². The first-order valence-corrected chi connectivity index (χ1v) is 8.39. The molecule has 0 fully saturated rings. The molecular formula is C23H17NO2. The molecule has 126 valence electrons. The number of aliphatic imine (C=N–C) groups is 1. The number of ether oxygens (including phenoxy) is 1. The normalized spacial score (nSPS) is 11.3. The van der Waals surface area contributed by atoms with Gasteiger partial charge in [-0.25, -0.2) is 4.79 Å². The van der Waals surface area contributed by atoms with Crippen LogP contribution < -0.4 is 0 Å². The summed E-state index contributed by atoms with van der Waals surface area (Å²) in [5.74, 6) is -0.347. The van der Waals surface area contributed by atoms with Crippen molar-refractivity contribution in [3.8, 4) is 0 Å². The smallest absolute Gasteiger partial charge is 0.337 e. The van der Waals surface area contributed by atoms with Gasteiger partial charge in [-0.05, 0) is 51.9 Å². The lowest BCUT2D eigenvalue weighted by atomic mass is 9.97. The van der Waals surface area contributed by atoms with Crippen molar-refractivity contribution in [2.45, 2.75) is 0 Å². The zero-order valence-electron chi connectivity index (χ0n) is 14.3. The Hall–Kier alpha value is -3.46. The molecule has 0 amide bonds. The van der Waals surface area contributed by atoms with E-state index in [1.165, 1.54) is 28.7 Å². The average molecular weight is 339 g/mol. The van der Waals surface area contributed by atoms with E-state index >= 15 is 0 Å². The molecule has 0 heterocycles. The van der Waals surface area contributed by atoms with Crippen LogP contribution in [0.2, 0.25) is 0 Å². The molecule has 4 aromatic rings. The molecule has 0 radical (unpaired) electrons. The maximum absolute atomic E-state index is 11.5. The molecule has 0 aliphatic carbocycles. The first kappa shape index (κ1) is 16.0. The highest BCUT2D eigenvalue weighted by Gasteiger charge is 2.06. The molecule has 0 spiro atoms. The summed E-state index contributed by atoms with van der Waals surface area (Å²) < 4.78 is 4.72. The molecule has 4 aromatic carbocycles. The molecule has 0 aliphatic heterocycles. The molecule has 26 heavy (non-hydrogen) atoms. The van der Waals surface area contributed by atoms with E-state index in [4.69, 9.17) is 4.74 Å². The van der Waals surface area contributed by atoms with Gasteiger partial charge in [0.05, 0.1) is 18.4 Å². The fraction of sp³-hybridized carbons (Fsp3) is 0.0435. The quantitative estimate of drug-likeness (QED) is 0.280. The highest BCUT2D eigenvalue weighted by Crippen LogP contribution is 2.27. The zero-order valence-corrected chi connectivity index (χ0v) is 14.3. The second-order valence-corrected chi connectivity index (χ2v) is 6.03. The predicted molar refractivity (Wildman–Crippen MR) is 106 cm³/mol. The zero-order chi connectivity index (χ0) is 17.9. The molecule has 0 N–H and O–H groups in total. The van der Waals surface area contributed by atoms with Crippen molar-refractivity contribution in [3.05, 3.63) is 90.0 Å². The van der Waals surface area contributed by atoms with E-state index in [0.29, 0.717) is 5.56 Å². The summed E-state index contributed by atoms with van der Waals surface area (Å²) in [6, 6.07) is 25.9. The van der Waals surface area contributed by atoms with Gasteiger partial charge in [0.2, 0.25) is 0 Å². The van der Waals surface area contributed by atoms with Crippen LogP contribution >= 0.6 is 0 Å². The Balaban J connectivity index is 1.80. The Morgan fingerprint density at radius 1 is 0.846 bits per heavy atom. The number of hydrogen-bond donors (Lipinski definition) is 0. The molecule has 0 saturated carbocycles. The minimum Gasteiger partial charge on any atom is -0.465 e.